The molecule has 0 aliphatic carbocycles. The fourth-order valence-electron chi connectivity index (χ4n) is 3.85. The van der Waals surface area contributed by atoms with Gasteiger partial charge in [0.2, 0.25) is 0 Å². The van der Waals surface area contributed by atoms with Crippen molar-refractivity contribution in [2.75, 3.05) is 24.6 Å². The van der Waals surface area contributed by atoms with Gasteiger partial charge in [-0.3, -0.25) is 0 Å². The van der Waals surface area contributed by atoms with Crippen LogP contribution in [0.1, 0.15) is 41.3 Å². The van der Waals surface area contributed by atoms with E-state index < -0.39 is 11.6 Å². The molecule has 0 radical (unpaired) electrons. The van der Waals surface area contributed by atoms with Crippen LogP contribution in [0.4, 0.5) is 5.69 Å². The smallest absolute Gasteiger partial charge is 0.339 e. The van der Waals surface area contributed by atoms with Crippen molar-refractivity contribution in [3.8, 4) is 0 Å². The van der Waals surface area contributed by atoms with Crippen molar-refractivity contribution in [1.82, 2.24) is 0 Å². The van der Waals surface area contributed by atoms with Crippen LogP contribution in [0.25, 0.3) is 11.0 Å². The second-order valence-electron chi connectivity index (χ2n) is 6.13. The molecule has 0 spiro atoms. The predicted octanol–water partition coefficient (Wildman–Crippen LogP) is 2.67. The third-order valence-corrected chi connectivity index (χ3v) is 4.72. The van der Waals surface area contributed by atoms with E-state index in [4.69, 9.17) is 9.15 Å². The van der Waals surface area contributed by atoms with Crippen LogP contribution in [0.3, 0.4) is 0 Å². The van der Waals surface area contributed by atoms with Gasteiger partial charge in [0.1, 0.15) is 5.58 Å². The maximum atomic E-state index is 12.2. The second kappa shape index (κ2) is 5.41. The maximum absolute atomic E-state index is 12.2. The molecule has 1 aromatic carbocycles. The third kappa shape index (κ3) is 2.22. The number of carbonyl (C=O) groups excluding carboxylic acids is 1. The number of nitrogens with zero attached hydrogens (tertiary/aromatic N) is 1. The summed E-state index contributed by atoms with van der Waals surface area (Å²) in [6.45, 7) is 4.14. The minimum absolute atomic E-state index is 0.284. The average molecular weight is 313 g/mol. The lowest BCUT2D eigenvalue weighted by molar-refractivity contribution is 0.0528. The fourth-order valence-corrected chi connectivity index (χ4v) is 3.85. The van der Waals surface area contributed by atoms with E-state index in [1.165, 1.54) is 17.3 Å². The van der Waals surface area contributed by atoms with Crippen LogP contribution in [0.15, 0.2) is 21.3 Å². The summed E-state index contributed by atoms with van der Waals surface area (Å²) in [6.07, 6.45) is 4.03. The number of aryl methyl sites for hydroxylation is 2. The lowest BCUT2D eigenvalue weighted by atomic mass is 9.89. The highest BCUT2D eigenvalue weighted by Crippen LogP contribution is 2.40. The van der Waals surface area contributed by atoms with Crippen molar-refractivity contribution >= 4 is 22.6 Å². The molecule has 0 saturated heterocycles. The summed E-state index contributed by atoms with van der Waals surface area (Å²) in [4.78, 5) is 26.6. The molecule has 2 aromatic rings. The molecule has 0 amide bonds. The zero-order valence-electron chi connectivity index (χ0n) is 13.2. The predicted molar refractivity (Wildman–Crippen MR) is 87.3 cm³/mol. The molecule has 0 fully saturated rings. The van der Waals surface area contributed by atoms with Crippen LogP contribution in [0.5, 0.6) is 0 Å². The zero-order chi connectivity index (χ0) is 16.0. The first-order valence-electron chi connectivity index (χ1n) is 8.23. The number of hydrogen-bond acceptors (Lipinski definition) is 5. The van der Waals surface area contributed by atoms with E-state index in [9.17, 15) is 9.59 Å². The molecule has 1 aromatic heterocycles. The second-order valence-corrected chi connectivity index (χ2v) is 6.13. The summed E-state index contributed by atoms with van der Waals surface area (Å²) in [6, 6.07) is 3.27. The van der Waals surface area contributed by atoms with Gasteiger partial charge in [0.05, 0.1) is 12.2 Å². The summed E-state index contributed by atoms with van der Waals surface area (Å²) < 4.78 is 10.6. The average Bonchev–Trinajstić information content (AvgIpc) is 2.55. The molecule has 120 valence electrons. The number of esters is 1. The Balaban J connectivity index is 2.04. The van der Waals surface area contributed by atoms with Gasteiger partial charge in [-0.25, -0.2) is 9.59 Å². The van der Waals surface area contributed by atoms with E-state index in [2.05, 4.69) is 4.90 Å². The Morgan fingerprint density at radius 3 is 2.83 bits per heavy atom. The SMILES string of the molecule is CCOC(=O)c1cc(=O)oc2c3c4c(cc12)CCCN4CCC3. The van der Waals surface area contributed by atoms with Crippen LogP contribution >= 0.6 is 0 Å². The third-order valence-electron chi connectivity index (χ3n) is 4.72. The molecule has 23 heavy (non-hydrogen) atoms. The van der Waals surface area contributed by atoms with Crippen molar-refractivity contribution in [1.29, 1.82) is 0 Å². The van der Waals surface area contributed by atoms with Crippen LogP contribution < -0.4 is 10.5 Å². The molecule has 2 aliphatic heterocycles. The number of fused-ring (bicyclic) bond motifs is 2. The largest absolute Gasteiger partial charge is 0.462 e. The number of ether oxygens (including phenoxy) is 1. The number of carbonyl (C=O) groups is 1. The Labute approximate surface area is 133 Å². The topological polar surface area (TPSA) is 59.8 Å². The van der Waals surface area contributed by atoms with Crippen molar-refractivity contribution in [3.05, 3.63) is 39.2 Å². The minimum Gasteiger partial charge on any atom is -0.462 e. The summed E-state index contributed by atoms with van der Waals surface area (Å²) in [5.74, 6) is -0.457. The Hall–Kier alpha value is -2.30. The number of anilines is 1. The van der Waals surface area contributed by atoms with Gasteiger partial charge in [0, 0.05) is 35.8 Å². The van der Waals surface area contributed by atoms with E-state index in [0.29, 0.717) is 16.5 Å². The normalized spacial score (nSPS) is 16.3. The summed E-state index contributed by atoms with van der Waals surface area (Å²) >= 11 is 0. The van der Waals surface area contributed by atoms with Crippen LogP contribution in [0, 0.1) is 0 Å². The van der Waals surface area contributed by atoms with Gasteiger partial charge in [-0.2, -0.15) is 0 Å². The van der Waals surface area contributed by atoms with E-state index in [1.54, 1.807) is 6.92 Å². The summed E-state index contributed by atoms with van der Waals surface area (Å²) in [5, 5.41) is 0.709. The van der Waals surface area contributed by atoms with Crippen molar-refractivity contribution < 1.29 is 13.9 Å². The van der Waals surface area contributed by atoms with Crippen LogP contribution in [-0.4, -0.2) is 25.7 Å². The molecule has 0 unspecified atom stereocenters. The fraction of sp³-hybridized carbons (Fsp3) is 0.444. The monoisotopic (exact) mass is 313 g/mol. The maximum Gasteiger partial charge on any atom is 0.339 e. The molecular formula is C18H19NO4. The zero-order valence-corrected chi connectivity index (χ0v) is 13.2. The van der Waals surface area contributed by atoms with E-state index in [1.807, 2.05) is 6.07 Å². The van der Waals surface area contributed by atoms with E-state index in [0.717, 1.165) is 44.3 Å². The molecule has 3 heterocycles. The number of benzene rings is 1. The molecule has 0 saturated carbocycles. The molecule has 0 bridgehead atoms. The lowest BCUT2D eigenvalue weighted by Crippen LogP contribution is -2.34. The van der Waals surface area contributed by atoms with Crippen molar-refractivity contribution in [2.24, 2.45) is 0 Å². The van der Waals surface area contributed by atoms with Gasteiger partial charge < -0.3 is 14.1 Å². The number of rotatable bonds is 2. The summed E-state index contributed by atoms with van der Waals surface area (Å²) in [5.41, 5.74) is 3.93. The molecule has 0 N–H and O–H groups in total. The number of hydrogen-bond donors (Lipinski definition) is 0. The first-order valence-corrected chi connectivity index (χ1v) is 8.23. The van der Waals surface area contributed by atoms with Gasteiger partial charge in [-0.05, 0) is 44.2 Å². The van der Waals surface area contributed by atoms with Gasteiger partial charge in [-0.1, -0.05) is 0 Å². The van der Waals surface area contributed by atoms with E-state index >= 15 is 0 Å². The van der Waals surface area contributed by atoms with Gasteiger partial charge in [0.25, 0.3) is 0 Å². The first kappa shape index (κ1) is 14.3. The minimum atomic E-state index is -0.496. The standard InChI is InChI=1S/C18H19NO4/c1-2-22-18(21)14-10-15(20)23-17-12-6-4-8-19-7-3-5-11(16(12)19)9-13(14)17/h9-10H,2-8H2,1H3. The highest BCUT2D eigenvalue weighted by atomic mass is 16.5. The Bertz CT molecular complexity index is 850. The van der Waals surface area contributed by atoms with Crippen LogP contribution in [-0.2, 0) is 17.6 Å². The Morgan fingerprint density at radius 1 is 1.26 bits per heavy atom. The van der Waals surface area contributed by atoms with Crippen LogP contribution in [0.2, 0.25) is 0 Å². The van der Waals surface area contributed by atoms with Gasteiger partial charge in [-0.15, -0.1) is 0 Å². The van der Waals surface area contributed by atoms with Crippen molar-refractivity contribution in [2.45, 2.75) is 32.6 Å². The molecule has 0 atom stereocenters. The molecule has 2 aliphatic rings. The van der Waals surface area contributed by atoms with Crippen molar-refractivity contribution in [3.63, 3.8) is 0 Å². The lowest BCUT2D eigenvalue weighted by Gasteiger charge is -2.37. The molecule has 5 nitrogen and oxygen atoms in total. The molecular weight excluding hydrogens is 294 g/mol. The first-order chi connectivity index (χ1) is 11.2. The molecule has 5 heteroatoms. The van der Waals surface area contributed by atoms with Gasteiger partial charge >= 0.3 is 11.6 Å². The van der Waals surface area contributed by atoms with E-state index in [-0.39, 0.29) is 6.61 Å². The highest BCUT2D eigenvalue weighted by Gasteiger charge is 2.28. The summed E-state index contributed by atoms with van der Waals surface area (Å²) in [7, 11) is 0. The highest BCUT2D eigenvalue weighted by molar-refractivity contribution is 6.05. The van der Waals surface area contributed by atoms with Gasteiger partial charge in [0.15, 0.2) is 0 Å². The quantitative estimate of drug-likeness (QED) is 0.630. The Morgan fingerprint density at radius 2 is 2.04 bits per heavy atom. The Kier molecular flexibility index (Phi) is 3.36. The molecule has 4 rings (SSSR count).